The van der Waals surface area contributed by atoms with Gasteiger partial charge in [0.25, 0.3) is 0 Å². The van der Waals surface area contributed by atoms with Gasteiger partial charge < -0.3 is 10.4 Å². The minimum atomic E-state index is -1.51. The third-order valence-corrected chi connectivity index (χ3v) is 2.46. The SMILES string of the molecule is CCC(C)(O)CNc1ccc(F)c(F)c1F. The second-order valence-corrected chi connectivity index (χ2v) is 3.93. The number of halogens is 3. The van der Waals surface area contributed by atoms with E-state index in [1.54, 1.807) is 13.8 Å². The Morgan fingerprint density at radius 3 is 2.44 bits per heavy atom. The second-order valence-electron chi connectivity index (χ2n) is 3.93. The van der Waals surface area contributed by atoms with Crippen LogP contribution in [0.5, 0.6) is 0 Å². The van der Waals surface area contributed by atoms with Gasteiger partial charge in [0.15, 0.2) is 17.5 Å². The molecule has 90 valence electrons. The van der Waals surface area contributed by atoms with Crippen molar-refractivity contribution < 1.29 is 18.3 Å². The van der Waals surface area contributed by atoms with Crippen LogP contribution >= 0.6 is 0 Å². The second kappa shape index (κ2) is 4.74. The fourth-order valence-electron chi connectivity index (χ4n) is 1.07. The molecule has 2 nitrogen and oxygen atoms in total. The van der Waals surface area contributed by atoms with Crippen LogP contribution in [0, 0.1) is 17.5 Å². The Labute approximate surface area is 92.1 Å². The molecule has 0 amide bonds. The molecule has 0 bridgehead atoms. The molecule has 1 aromatic carbocycles. The molecule has 0 aliphatic rings. The molecule has 2 N–H and O–H groups in total. The van der Waals surface area contributed by atoms with Crippen molar-refractivity contribution in [1.82, 2.24) is 0 Å². The predicted octanol–water partition coefficient (Wildman–Crippen LogP) is 2.68. The van der Waals surface area contributed by atoms with E-state index in [0.717, 1.165) is 12.1 Å². The minimum absolute atomic E-state index is 0.0610. The quantitative estimate of drug-likeness (QED) is 0.784. The normalized spacial score (nSPS) is 14.6. The Bertz CT molecular complexity index is 380. The smallest absolute Gasteiger partial charge is 0.196 e. The van der Waals surface area contributed by atoms with Gasteiger partial charge in [0, 0.05) is 6.54 Å². The molecular weight excluding hydrogens is 219 g/mol. The maximum absolute atomic E-state index is 13.2. The van der Waals surface area contributed by atoms with Crippen LogP contribution in [0.15, 0.2) is 12.1 Å². The average Bonchev–Trinajstić information content (AvgIpc) is 2.25. The summed E-state index contributed by atoms with van der Waals surface area (Å²) in [5.41, 5.74) is -1.18. The first kappa shape index (κ1) is 12.8. The van der Waals surface area contributed by atoms with E-state index >= 15 is 0 Å². The molecule has 0 spiro atoms. The summed E-state index contributed by atoms with van der Waals surface area (Å²) in [4.78, 5) is 0. The van der Waals surface area contributed by atoms with Gasteiger partial charge in [-0.15, -0.1) is 0 Å². The molecule has 0 aromatic heterocycles. The first-order chi connectivity index (χ1) is 7.37. The van der Waals surface area contributed by atoms with Crippen LogP contribution < -0.4 is 5.32 Å². The molecule has 0 saturated heterocycles. The lowest BCUT2D eigenvalue weighted by Crippen LogP contribution is -2.32. The van der Waals surface area contributed by atoms with Gasteiger partial charge >= 0.3 is 0 Å². The number of nitrogens with one attached hydrogen (secondary N) is 1. The van der Waals surface area contributed by atoms with Crippen LogP contribution in [0.3, 0.4) is 0 Å². The highest BCUT2D eigenvalue weighted by atomic mass is 19.2. The van der Waals surface area contributed by atoms with Crippen LogP contribution in [-0.2, 0) is 0 Å². The number of anilines is 1. The van der Waals surface area contributed by atoms with Gasteiger partial charge in [-0.3, -0.25) is 0 Å². The number of benzene rings is 1. The molecule has 16 heavy (non-hydrogen) atoms. The van der Waals surface area contributed by atoms with Crippen molar-refractivity contribution in [3.63, 3.8) is 0 Å². The van der Waals surface area contributed by atoms with Crippen LogP contribution in [0.2, 0.25) is 0 Å². The van der Waals surface area contributed by atoms with E-state index < -0.39 is 23.1 Å². The highest BCUT2D eigenvalue weighted by molar-refractivity contribution is 5.45. The molecule has 5 heteroatoms. The van der Waals surface area contributed by atoms with E-state index in [2.05, 4.69) is 5.32 Å². The summed E-state index contributed by atoms with van der Waals surface area (Å²) in [6.07, 6.45) is 0.464. The van der Waals surface area contributed by atoms with Gasteiger partial charge in [-0.2, -0.15) is 0 Å². The Morgan fingerprint density at radius 1 is 1.25 bits per heavy atom. The van der Waals surface area contributed by atoms with Gasteiger partial charge in [-0.25, -0.2) is 13.2 Å². The van der Waals surface area contributed by atoms with Crippen LogP contribution in [0.4, 0.5) is 18.9 Å². The van der Waals surface area contributed by atoms with E-state index in [1.165, 1.54) is 0 Å². The Kier molecular flexibility index (Phi) is 3.80. The third-order valence-electron chi connectivity index (χ3n) is 2.46. The average molecular weight is 233 g/mol. The summed E-state index contributed by atoms with van der Waals surface area (Å²) in [5, 5.41) is 12.2. The topological polar surface area (TPSA) is 32.3 Å². The van der Waals surface area contributed by atoms with Crippen molar-refractivity contribution in [2.75, 3.05) is 11.9 Å². The lowest BCUT2D eigenvalue weighted by atomic mass is 10.0. The van der Waals surface area contributed by atoms with Crippen molar-refractivity contribution in [3.8, 4) is 0 Å². The number of hydrogen-bond acceptors (Lipinski definition) is 2. The summed E-state index contributed by atoms with van der Waals surface area (Å²) < 4.78 is 38.6. The number of hydrogen-bond donors (Lipinski definition) is 2. The summed E-state index contributed by atoms with van der Waals surface area (Å²) in [7, 11) is 0. The van der Waals surface area contributed by atoms with Gasteiger partial charge in [-0.1, -0.05) is 6.92 Å². The van der Waals surface area contributed by atoms with E-state index in [-0.39, 0.29) is 12.2 Å². The van der Waals surface area contributed by atoms with Crippen LogP contribution in [-0.4, -0.2) is 17.3 Å². The zero-order valence-electron chi connectivity index (χ0n) is 9.15. The zero-order chi connectivity index (χ0) is 12.3. The van der Waals surface area contributed by atoms with Crippen LogP contribution in [0.1, 0.15) is 20.3 Å². The van der Waals surface area contributed by atoms with E-state index in [4.69, 9.17) is 0 Å². The molecule has 1 atom stereocenters. The van der Waals surface area contributed by atoms with Gasteiger partial charge in [0.05, 0.1) is 11.3 Å². The molecule has 0 aliphatic heterocycles. The number of rotatable bonds is 4. The molecule has 1 unspecified atom stereocenters. The monoisotopic (exact) mass is 233 g/mol. The molecular formula is C11H14F3NO. The third kappa shape index (κ3) is 2.88. The maximum atomic E-state index is 13.2. The Morgan fingerprint density at radius 2 is 1.88 bits per heavy atom. The zero-order valence-corrected chi connectivity index (χ0v) is 9.15. The molecule has 1 rings (SSSR count). The lowest BCUT2D eigenvalue weighted by Gasteiger charge is -2.22. The molecule has 1 aromatic rings. The van der Waals surface area contributed by atoms with Crippen LogP contribution in [0.25, 0.3) is 0 Å². The maximum Gasteiger partial charge on any atom is 0.196 e. The van der Waals surface area contributed by atoms with Gasteiger partial charge in [-0.05, 0) is 25.5 Å². The Hall–Kier alpha value is -1.23. The van der Waals surface area contributed by atoms with E-state index in [0.29, 0.717) is 6.42 Å². The van der Waals surface area contributed by atoms with Crippen molar-refractivity contribution >= 4 is 5.69 Å². The highest BCUT2D eigenvalue weighted by Gasteiger charge is 2.19. The predicted molar refractivity (Wildman–Crippen MR) is 55.7 cm³/mol. The fourth-order valence-corrected chi connectivity index (χ4v) is 1.07. The molecule has 0 aliphatic carbocycles. The van der Waals surface area contributed by atoms with E-state index in [9.17, 15) is 18.3 Å². The largest absolute Gasteiger partial charge is 0.388 e. The summed E-state index contributed by atoms with van der Waals surface area (Å²) in [6, 6.07) is 1.93. The standard InChI is InChI=1S/C11H14F3NO/c1-3-11(2,16)6-15-8-5-4-7(12)9(13)10(8)14/h4-5,15-16H,3,6H2,1-2H3. The van der Waals surface area contributed by atoms with Gasteiger partial charge in [0.1, 0.15) is 0 Å². The first-order valence-electron chi connectivity index (χ1n) is 4.97. The van der Waals surface area contributed by atoms with Gasteiger partial charge in [0.2, 0.25) is 0 Å². The molecule has 0 saturated carbocycles. The lowest BCUT2D eigenvalue weighted by molar-refractivity contribution is 0.0696. The highest BCUT2D eigenvalue weighted by Crippen LogP contribution is 2.20. The van der Waals surface area contributed by atoms with E-state index in [1.807, 2.05) is 0 Å². The molecule has 0 radical (unpaired) electrons. The Balaban J connectivity index is 2.80. The summed E-state index contributed by atoms with van der Waals surface area (Å²) >= 11 is 0. The fraction of sp³-hybridized carbons (Fsp3) is 0.455. The molecule has 0 fully saturated rings. The van der Waals surface area contributed by atoms with Crippen molar-refractivity contribution in [3.05, 3.63) is 29.6 Å². The first-order valence-corrected chi connectivity index (χ1v) is 4.97. The van der Waals surface area contributed by atoms with Crippen molar-refractivity contribution in [2.24, 2.45) is 0 Å². The van der Waals surface area contributed by atoms with Crippen molar-refractivity contribution in [2.45, 2.75) is 25.9 Å². The summed E-state index contributed by atoms with van der Waals surface area (Å²) in [5.74, 6) is -4.02. The molecule has 0 heterocycles. The number of aliphatic hydroxyl groups is 1. The van der Waals surface area contributed by atoms with Crippen molar-refractivity contribution in [1.29, 1.82) is 0 Å². The summed E-state index contributed by atoms with van der Waals surface area (Å²) in [6.45, 7) is 3.40. The minimum Gasteiger partial charge on any atom is -0.388 e.